The van der Waals surface area contributed by atoms with Crippen molar-refractivity contribution in [1.29, 1.82) is 0 Å². The third kappa shape index (κ3) is 32.6. The summed E-state index contributed by atoms with van der Waals surface area (Å²) in [4.78, 5) is 39.4. The average molecular weight is 490 g/mol. The molecular formula is C17H39N5O9S. The second kappa shape index (κ2) is 25.3. The van der Waals surface area contributed by atoms with Gasteiger partial charge in [-0.15, -0.1) is 0 Å². The molecule has 0 unspecified atom stereocenters. The van der Waals surface area contributed by atoms with Gasteiger partial charge in [-0.05, 0) is 44.7 Å². The van der Waals surface area contributed by atoms with Crippen LogP contribution in [0.4, 0.5) is 0 Å². The summed E-state index contributed by atoms with van der Waals surface area (Å²) >= 11 is 1.60. The highest BCUT2D eigenvalue weighted by Crippen LogP contribution is 1.98. The first kappa shape index (κ1) is 37.3. The van der Waals surface area contributed by atoms with Crippen LogP contribution in [0.5, 0.6) is 0 Å². The quantitative estimate of drug-likeness (QED) is 0.126. The molecule has 0 amide bonds. The van der Waals surface area contributed by atoms with Crippen molar-refractivity contribution < 1.29 is 44.7 Å². The summed E-state index contributed by atoms with van der Waals surface area (Å²) in [5.41, 5.74) is 25.2. The van der Waals surface area contributed by atoms with Crippen LogP contribution in [0, 0.1) is 0 Å². The lowest BCUT2D eigenvalue weighted by molar-refractivity contribution is -0.140. The summed E-state index contributed by atoms with van der Waals surface area (Å²) in [5.74, 6) is -3.17. The van der Waals surface area contributed by atoms with Crippen molar-refractivity contribution in [3.63, 3.8) is 0 Å². The monoisotopic (exact) mass is 489 g/mol. The van der Waals surface area contributed by atoms with E-state index in [1.807, 2.05) is 6.26 Å². The number of nitrogens with two attached hydrogens (primary N) is 5. The first-order chi connectivity index (χ1) is 14.7. The number of carbonyl (C=O) groups is 4. The maximum atomic E-state index is 10.1. The number of hydrogen-bond donors (Lipinski definition) is 10. The summed E-state index contributed by atoms with van der Waals surface area (Å²) < 4.78 is 0. The molecule has 0 fully saturated rings. The van der Waals surface area contributed by atoms with Crippen molar-refractivity contribution in [3.05, 3.63) is 0 Å². The van der Waals surface area contributed by atoms with E-state index < -0.39 is 54.7 Å². The Hall–Kier alpha value is -2.01. The van der Waals surface area contributed by atoms with Gasteiger partial charge in [0.05, 0.1) is 6.61 Å². The lowest BCUT2D eigenvalue weighted by Crippen LogP contribution is -2.33. The smallest absolute Gasteiger partial charge is 0.322 e. The Kier molecular flexibility index (Phi) is 29.4. The zero-order valence-corrected chi connectivity index (χ0v) is 19.2. The number of carboxylic acid groups (broad SMARTS) is 4. The van der Waals surface area contributed by atoms with E-state index in [-0.39, 0.29) is 0 Å². The number of aliphatic hydroxyl groups is 1. The minimum Gasteiger partial charge on any atom is -0.480 e. The number of carboxylic acids is 4. The maximum Gasteiger partial charge on any atom is 0.322 e. The van der Waals surface area contributed by atoms with Crippen LogP contribution in [0.1, 0.15) is 32.6 Å². The molecule has 0 aliphatic rings. The topological polar surface area (TPSA) is 300 Å². The molecule has 0 radical (unpaired) electrons. The van der Waals surface area contributed by atoms with Gasteiger partial charge in [-0.1, -0.05) is 6.42 Å². The largest absolute Gasteiger partial charge is 0.480 e. The third-order valence-corrected chi connectivity index (χ3v) is 3.78. The molecule has 15 heteroatoms. The van der Waals surface area contributed by atoms with E-state index in [4.69, 9.17) is 54.2 Å². The zero-order chi connectivity index (χ0) is 26.3. The van der Waals surface area contributed by atoms with Gasteiger partial charge in [-0.3, -0.25) is 19.2 Å². The molecule has 0 spiro atoms. The molecular weight excluding hydrogens is 450 g/mol. The first-order valence-electron chi connectivity index (χ1n) is 9.42. The van der Waals surface area contributed by atoms with Crippen LogP contribution in [0.25, 0.3) is 0 Å². The van der Waals surface area contributed by atoms with Crippen LogP contribution in [0.15, 0.2) is 0 Å². The number of rotatable bonds is 12. The summed E-state index contributed by atoms with van der Waals surface area (Å²) in [6.07, 6.45) is 4.64. The minimum atomic E-state index is -1.18. The van der Waals surface area contributed by atoms with Gasteiger partial charge in [0.15, 0.2) is 0 Å². The fourth-order valence-corrected chi connectivity index (χ4v) is 1.57. The van der Waals surface area contributed by atoms with Gasteiger partial charge < -0.3 is 54.2 Å². The molecule has 0 heterocycles. The number of aliphatic carboxylic acids is 4. The predicted octanol–water partition coefficient (Wildman–Crippen LogP) is -2.51. The van der Waals surface area contributed by atoms with Crippen LogP contribution in [-0.4, -0.2) is 98.7 Å². The molecule has 0 aliphatic heterocycles. The molecule has 0 aliphatic carbocycles. The molecule has 0 bridgehead atoms. The van der Waals surface area contributed by atoms with Crippen molar-refractivity contribution >= 4 is 35.6 Å². The second-order valence-corrected chi connectivity index (χ2v) is 7.20. The summed E-state index contributed by atoms with van der Waals surface area (Å²) in [6.45, 7) is 1.52. The predicted molar refractivity (Wildman–Crippen MR) is 121 cm³/mol. The van der Waals surface area contributed by atoms with E-state index in [2.05, 4.69) is 0 Å². The van der Waals surface area contributed by atoms with Crippen molar-refractivity contribution in [2.75, 3.05) is 25.2 Å². The maximum absolute atomic E-state index is 10.1. The number of thioether (sulfide) groups is 1. The van der Waals surface area contributed by atoms with Crippen LogP contribution >= 0.6 is 11.8 Å². The average Bonchev–Trinajstić information content (AvgIpc) is 2.72. The minimum absolute atomic E-state index is 0.505. The fraction of sp³-hybridized carbons (Fsp3) is 0.765. The Balaban J connectivity index is -0.000000166. The van der Waals surface area contributed by atoms with E-state index >= 15 is 0 Å². The van der Waals surface area contributed by atoms with Crippen molar-refractivity contribution in [2.45, 2.75) is 56.8 Å². The number of aliphatic hydroxyl groups excluding tert-OH is 1. The Morgan fingerprint density at radius 3 is 1.34 bits per heavy atom. The zero-order valence-electron chi connectivity index (χ0n) is 18.4. The van der Waals surface area contributed by atoms with Gasteiger partial charge in [0.1, 0.15) is 24.2 Å². The third-order valence-electron chi connectivity index (χ3n) is 3.14. The van der Waals surface area contributed by atoms with Gasteiger partial charge in [0, 0.05) is 0 Å². The SMILES string of the molecule is CSCC[C@H](N)C(=O)O.C[C@H](N)C(=O)O.NCCCC[C@H](N)C(=O)O.N[C@@H](CO)C(=O)O. The molecule has 0 aromatic rings. The van der Waals surface area contributed by atoms with Crippen LogP contribution in [0.2, 0.25) is 0 Å². The van der Waals surface area contributed by atoms with E-state index in [0.717, 1.165) is 18.6 Å². The van der Waals surface area contributed by atoms with Crippen LogP contribution < -0.4 is 28.7 Å². The second-order valence-electron chi connectivity index (χ2n) is 6.21. The van der Waals surface area contributed by atoms with E-state index in [1.54, 1.807) is 11.8 Å². The van der Waals surface area contributed by atoms with Gasteiger partial charge in [0.2, 0.25) is 0 Å². The highest BCUT2D eigenvalue weighted by Gasteiger charge is 2.10. The molecule has 0 saturated heterocycles. The van der Waals surface area contributed by atoms with Gasteiger partial charge >= 0.3 is 23.9 Å². The fourth-order valence-electron chi connectivity index (χ4n) is 1.08. The standard InChI is InChI=1S/C6H14N2O2.C5H11NO2S.C3H7NO3.C3H7NO2/c7-4-2-1-3-5(8)6(9)10;1-9-3-2-4(6)5(7)8;4-2(1-5)3(6)7;1-2(4)3(5)6/h5H,1-4,7-8H2,(H,9,10);4H,2-3,6H2,1H3,(H,7,8);2,5H,1,4H2,(H,6,7);2H,4H2,1H3,(H,5,6)/t5-;4-;2*2-/m0000/s1. The molecule has 192 valence electrons. The Morgan fingerprint density at radius 1 is 0.750 bits per heavy atom. The van der Waals surface area contributed by atoms with Gasteiger partial charge in [-0.25, -0.2) is 0 Å². The molecule has 4 atom stereocenters. The molecule has 0 rings (SSSR count). The van der Waals surface area contributed by atoms with Crippen LogP contribution in [0.3, 0.4) is 0 Å². The van der Waals surface area contributed by atoms with E-state index in [1.165, 1.54) is 6.92 Å². The Labute approximate surface area is 191 Å². The number of hydrogen-bond acceptors (Lipinski definition) is 11. The van der Waals surface area contributed by atoms with Crippen molar-refractivity contribution in [3.8, 4) is 0 Å². The van der Waals surface area contributed by atoms with E-state index in [0.29, 0.717) is 19.4 Å². The van der Waals surface area contributed by atoms with Gasteiger partial charge in [-0.2, -0.15) is 11.8 Å². The summed E-state index contributed by atoms with van der Waals surface area (Å²) in [7, 11) is 0. The lowest BCUT2D eigenvalue weighted by Gasteiger charge is -2.03. The van der Waals surface area contributed by atoms with Crippen molar-refractivity contribution in [2.24, 2.45) is 28.7 Å². The Morgan fingerprint density at radius 2 is 1.12 bits per heavy atom. The summed E-state index contributed by atoms with van der Waals surface area (Å²) in [6, 6.07) is -3.26. The highest BCUT2D eigenvalue weighted by atomic mass is 32.2. The first-order valence-corrected chi connectivity index (χ1v) is 10.8. The van der Waals surface area contributed by atoms with Gasteiger partial charge in [0.25, 0.3) is 0 Å². The normalized spacial score (nSPS) is 13.2. The molecule has 15 N–H and O–H groups in total. The van der Waals surface area contributed by atoms with Crippen LogP contribution in [-0.2, 0) is 19.2 Å². The molecule has 0 saturated carbocycles. The summed E-state index contributed by atoms with van der Waals surface area (Å²) in [5, 5.41) is 40.4. The molecule has 14 nitrogen and oxygen atoms in total. The molecule has 32 heavy (non-hydrogen) atoms. The lowest BCUT2D eigenvalue weighted by atomic mass is 10.1. The molecule has 0 aromatic carbocycles. The molecule has 0 aromatic heterocycles. The highest BCUT2D eigenvalue weighted by molar-refractivity contribution is 7.98. The van der Waals surface area contributed by atoms with Crippen molar-refractivity contribution in [1.82, 2.24) is 0 Å². The Bertz CT molecular complexity index is 513. The van der Waals surface area contributed by atoms with E-state index in [9.17, 15) is 19.2 Å². The number of unbranched alkanes of at least 4 members (excludes halogenated alkanes) is 1.